The molecule has 49 heavy (non-hydrogen) atoms. The van der Waals surface area contributed by atoms with E-state index in [1.807, 2.05) is 6.07 Å². The summed E-state index contributed by atoms with van der Waals surface area (Å²) in [6.45, 7) is 0. The zero-order valence-electron chi connectivity index (χ0n) is 26.5. The number of hydrogen-bond donors (Lipinski definition) is 0. The first kappa shape index (κ1) is 26.5. The molecule has 0 aliphatic carbocycles. The second-order valence-electron chi connectivity index (χ2n) is 12.9. The fourth-order valence-electron chi connectivity index (χ4n) is 8.21. The van der Waals surface area contributed by atoms with Crippen molar-refractivity contribution >= 4 is 54.4 Å². The van der Waals surface area contributed by atoms with Gasteiger partial charge in [0.1, 0.15) is 11.5 Å². The van der Waals surface area contributed by atoms with Gasteiger partial charge in [0.05, 0.1) is 22.1 Å². The largest absolute Gasteiger partial charge is 0.456 e. The molecule has 11 rings (SSSR count). The molecule has 3 nitrogen and oxygen atoms in total. The zero-order chi connectivity index (χ0) is 32.1. The van der Waals surface area contributed by atoms with Crippen LogP contribution in [0.25, 0.3) is 88.0 Å². The molecular formula is C46H28N2O. The molecule has 1 aliphatic rings. The van der Waals surface area contributed by atoms with Gasteiger partial charge in [0.2, 0.25) is 0 Å². The highest BCUT2D eigenvalue weighted by Gasteiger charge is 2.24. The minimum atomic E-state index is 0.896. The summed E-state index contributed by atoms with van der Waals surface area (Å²) < 4.78 is 11.5. The quantitative estimate of drug-likeness (QED) is 0.191. The van der Waals surface area contributed by atoms with Crippen LogP contribution in [0.2, 0.25) is 0 Å². The molecule has 0 fully saturated rings. The minimum Gasteiger partial charge on any atom is -0.456 e. The molecule has 0 amide bonds. The van der Waals surface area contributed by atoms with Crippen LogP contribution in [0.1, 0.15) is 0 Å². The van der Waals surface area contributed by atoms with E-state index in [0.717, 1.165) is 34.0 Å². The van der Waals surface area contributed by atoms with Crippen molar-refractivity contribution < 1.29 is 4.74 Å². The van der Waals surface area contributed by atoms with Crippen molar-refractivity contribution in [2.45, 2.75) is 0 Å². The average molecular weight is 625 g/mol. The Morgan fingerprint density at radius 3 is 1.82 bits per heavy atom. The van der Waals surface area contributed by atoms with Gasteiger partial charge >= 0.3 is 0 Å². The van der Waals surface area contributed by atoms with E-state index in [1.165, 1.54) is 65.6 Å². The van der Waals surface area contributed by atoms with Crippen LogP contribution >= 0.6 is 0 Å². The van der Waals surface area contributed by atoms with Crippen LogP contribution in [0.3, 0.4) is 0 Å². The number of hydrogen-bond acceptors (Lipinski definition) is 1. The van der Waals surface area contributed by atoms with Crippen LogP contribution in [0.5, 0.6) is 11.5 Å². The number of rotatable bonds is 3. The van der Waals surface area contributed by atoms with Gasteiger partial charge in [-0.15, -0.1) is 0 Å². The summed E-state index contributed by atoms with van der Waals surface area (Å²) >= 11 is 0. The molecule has 228 valence electrons. The third-order valence-electron chi connectivity index (χ3n) is 10.3. The SMILES string of the molecule is c1ccc(-c2ccc3c4ccccc4n(-c4cccc(-n5c6ccccc6c6c7cccc8c7c(cc65)Oc5ccccc5-8)c4)c3c2)cc1. The van der Waals surface area contributed by atoms with Crippen molar-refractivity contribution in [3.63, 3.8) is 0 Å². The fourth-order valence-corrected chi connectivity index (χ4v) is 8.21. The van der Waals surface area contributed by atoms with Gasteiger partial charge in [-0.05, 0) is 64.5 Å². The Morgan fingerprint density at radius 1 is 0.327 bits per heavy atom. The topological polar surface area (TPSA) is 19.1 Å². The average Bonchev–Trinajstić information content (AvgIpc) is 3.68. The molecule has 3 heterocycles. The standard InChI is InChI=1S/C46H28N2O/c1-2-12-29(13-3-1)30-24-25-34-33-16-4-7-21-39(33)47(41(34)26-30)31-14-10-15-32(27-31)48-40-22-8-5-18-37(40)45-38-20-11-19-36-35-17-6-9-23-43(35)49-44(46(36)38)28-42(45)48/h1-28H. The highest BCUT2D eigenvalue weighted by molar-refractivity contribution is 6.25. The summed E-state index contributed by atoms with van der Waals surface area (Å²) in [6, 6.07) is 61.2. The van der Waals surface area contributed by atoms with Crippen LogP contribution in [0.4, 0.5) is 0 Å². The maximum Gasteiger partial charge on any atom is 0.138 e. The number of fused-ring (bicyclic) bond motifs is 9. The molecular weight excluding hydrogens is 597 g/mol. The molecule has 8 aromatic carbocycles. The maximum atomic E-state index is 6.65. The third kappa shape index (κ3) is 3.73. The van der Waals surface area contributed by atoms with Crippen LogP contribution in [-0.4, -0.2) is 9.13 Å². The van der Waals surface area contributed by atoms with E-state index in [0.29, 0.717) is 0 Å². The maximum absolute atomic E-state index is 6.65. The van der Waals surface area contributed by atoms with E-state index >= 15 is 0 Å². The highest BCUT2D eigenvalue weighted by atomic mass is 16.5. The first-order valence-corrected chi connectivity index (χ1v) is 16.8. The van der Waals surface area contributed by atoms with Gasteiger partial charge < -0.3 is 13.9 Å². The van der Waals surface area contributed by atoms with E-state index < -0.39 is 0 Å². The predicted octanol–water partition coefficient (Wildman–Crippen LogP) is 12.5. The smallest absolute Gasteiger partial charge is 0.138 e. The molecule has 0 unspecified atom stereocenters. The van der Waals surface area contributed by atoms with Crippen LogP contribution in [0, 0.1) is 0 Å². The van der Waals surface area contributed by atoms with E-state index in [2.05, 4.69) is 173 Å². The Hall–Kier alpha value is -6.58. The van der Waals surface area contributed by atoms with Crippen LogP contribution in [-0.2, 0) is 0 Å². The first-order valence-electron chi connectivity index (χ1n) is 16.8. The molecule has 0 saturated carbocycles. The minimum absolute atomic E-state index is 0.896. The Balaban J connectivity index is 1.19. The van der Waals surface area contributed by atoms with E-state index in [1.54, 1.807) is 0 Å². The lowest BCUT2D eigenvalue weighted by Crippen LogP contribution is -2.00. The summed E-state index contributed by atoms with van der Waals surface area (Å²) in [6.07, 6.45) is 0. The summed E-state index contributed by atoms with van der Waals surface area (Å²) in [7, 11) is 0. The molecule has 1 aliphatic heterocycles. The Morgan fingerprint density at radius 2 is 0.959 bits per heavy atom. The fraction of sp³-hybridized carbons (Fsp3) is 0. The van der Waals surface area contributed by atoms with Gasteiger partial charge in [0, 0.05) is 49.9 Å². The van der Waals surface area contributed by atoms with Crippen molar-refractivity contribution in [3.8, 4) is 45.1 Å². The summed E-state index contributed by atoms with van der Waals surface area (Å²) in [4.78, 5) is 0. The second kappa shape index (κ2) is 9.96. The van der Waals surface area contributed by atoms with E-state index in [4.69, 9.17) is 4.74 Å². The second-order valence-corrected chi connectivity index (χ2v) is 12.9. The van der Waals surface area contributed by atoms with Gasteiger partial charge in [-0.25, -0.2) is 0 Å². The molecule has 2 aromatic heterocycles. The van der Waals surface area contributed by atoms with Crippen LogP contribution < -0.4 is 4.74 Å². The number of ether oxygens (including phenoxy) is 1. The molecule has 3 heteroatoms. The van der Waals surface area contributed by atoms with Crippen molar-refractivity contribution in [3.05, 3.63) is 170 Å². The lowest BCUT2D eigenvalue weighted by Gasteiger charge is -2.22. The number of benzene rings is 8. The molecule has 0 N–H and O–H groups in total. The molecule has 0 radical (unpaired) electrons. The van der Waals surface area contributed by atoms with Crippen molar-refractivity contribution in [1.29, 1.82) is 0 Å². The number of nitrogens with zero attached hydrogens (tertiary/aromatic N) is 2. The molecule has 0 spiro atoms. The lowest BCUT2D eigenvalue weighted by atomic mass is 9.92. The molecule has 0 atom stereocenters. The van der Waals surface area contributed by atoms with Crippen molar-refractivity contribution in [2.75, 3.05) is 0 Å². The lowest BCUT2D eigenvalue weighted by molar-refractivity contribution is 0.487. The first-order chi connectivity index (χ1) is 24.3. The van der Waals surface area contributed by atoms with Gasteiger partial charge in [-0.1, -0.05) is 121 Å². The number of aromatic nitrogens is 2. The number of para-hydroxylation sites is 3. The van der Waals surface area contributed by atoms with Gasteiger partial charge in [-0.2, -0.15) is 0 Å². The molecule has 0 bridgehead atoms. The third-order valence-corrected chi connectivity index (χ3v) is 10.3. The Bertz CT molecular complexity index is 2960. The summed E-state index contributed by atoms with van der Waals surface area (Å²) in [5, 5.41) is 7.35. The van der Waals surface area contributed by atoms with E-state index in [-0.39, 0.29) is 0 Å². The van der Waals surface area contributed by atoms with Crippen molar-refractivity contribution in [1.82, 2.24) is 9.13 Å². The van der Waals surface area contributed by atoms with Crippen molar-refractivity contribution in [2.24, 2.45) is 0 Å². The van der Waals surface area contributed by atoms with Gasteiger partial charge in [0.15, 0.2) is 0 Å². The van der Waals surface area contributed by atoms with Gasteiger partial charge in [-0.3, -0.25) is 0 Å². The monoisotopic (exact) mass is 624 g/mol. The van der Waals surface area contributed by atoms with Crippen LogP contribution in [0.15, 0.2) is 170 Å². The van der Waals surface area contributed by atoms with Gasteiger partial charge in [0.25, 0.3) is 0 Å². The molecule has 10 aromatic rings. The zero-order valence-corrected chi connectivity index (χ0v) is 26.5. The Labute approximate surface area is 282 Å². The normalized spacial score (nSPS) is 12.2. The summed E-state index contributed by atoms with van der Waals surface area (Å²) in [5.74, 6) is 1.79. The van der Waals surface area contributed by atoms with E-state index in [9.17, 15) is 0 Å². The predicted molar refractivity (Wildman–Crippen MR) is 204 cm³/mol. The highest BCUT2D eigenvalue weighted by Crippen LogP contribution is 2.50. The Kier molecular flexibility index (Phi) is 5.38. The summed E-state index contributed by atoms with van der Waals surface area (Å²) in [5.41, 5.74) is 11.7. The molecule has 0 saturated heterocycles.